The van der Waals surface area contributed by atoms with E-state index in [2.05, 4.69) is 132 Å². The maximum atomic E-state index is 6.58. The zero-order valence-corrected chi connectivity index (χ0v) is 30.2. The summed E-state index contributed by atoms with van der Waals surface area (Å²) in [6.45, 7) is 0. The number of fused-ring (bicyclic) bond motifs is 11. The van der Waals surface area contributed by atoms with Crippen molar-refractivity contribution >= 4 is 39.0 Å². The first-order valence-corrected chi connectivity index (χ1v) is 20.4. The topological polar surface area (TPSA) is 16.4 Å². The fourth-order valence-corrected chi connectivity index (χ4v) is 13.7. The molecule has 0 atom stereocenters. The lowest BCUT2D eigenvalue weighted by Crippen LogP contribution is -2.55. The Morgan fingerprint density at radius 1 is 0.491 bits per heavy atom. The van der Waals surface area contributed by atoms with Crippen LogP contribution in [0, 0.1) is 23.7 Å². The summed E-state index contributed by atoms with van der Waals surface area (Å²) in [6.07, 6.45) is 12.1. The van der Waals surface area contributed by atoms with Gasteiger partial charge in [0.15, 0.2) is 0 Å². The first-order chi connectivity index (χ1) is 26.2. The molecule has 0 amide bonds. The highest BCUT2D eigenvalue weighted by molar-refractivity contribution is 6.06. The lowest BCUT2D eigenvalue weighted by molar-refractivity contribution is -0.0399. The predicted molar refractivity (Wildman–Crippen MR) is 216 cm³/mol. The normalized spacial score (nSPS) is 26.4. The molecule has 0 aliphatic heterocycles. The Bertz CT molecular complexity index is 2640. The minimum atomic E-state index is 0.111. The molecule has 1 aromatic heterocycles. The van der Waals surface area contributed by atoms with Gasteiger partial charge in [-0.3, -0.25) is 0 Å². The van der Waals surface area contributed by atoms with Crippen molar-refractivity contribution in [1.82, 2.24) is 0 Å². The molecule has 2 heteroatoms. The molecular formula is C51H43NO. The monoisotopic (exact) mass is 685 g/mol. The van der Waals surface area contributed by atoms with Crippen LogP contribution in [0.4, 0.5) is 17.1 Å². The van der Waals surface area contributed by atoms with E-state index in [1.54, 1.807) is 11.1 Å². The maximum Gasteiger partial charge on any atom is 0.137 e. The molecule has 0 saturated heterocycles. The largest absolute Gasteiger partial charge is 0.456 e. The van der Waals surface area contributed by atoms with Gasteiger partial charge in [0.05, 0.1) is 5.69 Å². The Morgan fingerprint density at radius 3 is 1.96 bits per heavy atom. The van der Waals surface area contributed by atoms with Gasteiger partial charge >= 0.3 is 0 Å². The van der Waals surface area contributed by atoms with Crippen molar-refractivity contribution in [3.05, 3.63) is 150 Å². The zero-order valence-electron chi connectivity index (χ0n) is 30.2. The highest BCUT2D eigenvalue weighted by Crippen LogP contribution is 2.70. The summed E-state index contributed by atoms with van der Waals surface area (Å²) in [5, 5.41) is 2.35. The molecule has 7 aliphatic carbocycles. The van der Waals surface area contributed by atoms with E-state index in [-0.39, 0.29) is 10.8 Å². The van der Waals surface area contributed by atoms with Gasteiger partial charge in [-0.15, -0.1) is 0 Å². The van der Waals surface area contributed by atoms with Gasteiger partial charge in [-0.05, 0) is 144 Å². The molecule has 4 bridgehead atoms. The third kappa shape index (κ3) is 3.66. The van der Waals surface area contributed by atoms with Crippen molar-refractivity contribution < 1.29 is 4.42 Å². The van der Waals surface area contributed by atoms with Crippen molar-refractivity contribution in [3.63, 3.8) is 0 Å². The quantitative estimate of drug-likeness (QED) is 0.184. The van der Waals surface area contributed by atoms with Crippen LogP contribution in [0.3, 0.4) is 0 Å². The van der Waals surface area contributed by atoms with E-state index in [1.165, 1.54) is 113 Å². The van der Waals surface area contributed by atoms with E-state index in [0.717, 1.165) is 40.5 Å². The van der Waals surface area contributed by atoms with Crippen LogP contribution in [-0.2, 0) is 10.8 Å². The number of hydrogen-bond donors (Lipinski definition) is 0. The van der Waals surface area contributed by atoms with Gasteiger partial charge in [-0.25, -0.2) is 0 Å². The maximum absolute atomic E-state index is 6.58. The van der Waals surface area contributed by atoms with Crippen LogP contribution in [0.1, 0.15) is 80.0 Å². The van der Waals surface area contributed by atoms with Crippen LogP contribution >= 0.6 is 0 Å². The van der Waals surface area contributed by atoms with Crippen LogP contribution in [0.5, 0.6) is 0 Å². The summed E-state index contributed by atoms with van der Waals surface area (Å²) in [5.74, 6) is 3.30. The summed E-state index contributed by atoms with van der Waals surface area (Å²) < 4.78 is 6.58. The summed E-state index contributed by atoms with van der Waals surface area (Å²) in [7, 11) is 0. The first kappa shape index (κ1) is 29.4. The van der Waals surface area contributed by atoms with Gasteiger partial charge < -0.3 is 9.32 Å². The minimum absolute atomic E-state index is 0.111. The van der Waals surface area contributed by atoms with E-state index in [4.69, 9.17) is 4.42 Å². The van der Waals surface area contributed by atoms with E-state index in [0.29, 0.717) is 0 Å². The third-order valence-corrected chi connectivity index (χ3v) is 15.4. The standard InChI is InChI=1S/C51H43NO/c1-5-14-43-37(10-1)38-20-18-35(29-45(38)51(43)33-25-31-24-32(27-33)28-34(51)26-31)52(36-19-21-40-39-11-3-6-17-47(39)53-48(40)30-36)46-16-9-15-44-49(46)41-12-2-4-13-42(41)50(44)22-7-8-23-50/h1-6,9-21,29-34H,7-8,22-28H2. The highest BCUT2D eigenvalue weighted by atomic mass is 16.3. The van der Waals surface area contributed by atoms with Gasteiger partial charge in [-0.2, -0.15) is 0 Å². The van der Waals surface area contributed by atoms with Gasteiger partial charge in [-0.1, -0.05) is 97.8 Å². The van der Waals surface area contributed by atoms with Gasteiger partial charge in [0.25, 0.3) is 0 Å². The van der Waals surface area contributed by atoms with Crippen LogP contribution in [0.2, 0.25) is 0 Å². The average Bonchev–Trinajstić information content (AvgIpc) is 3.96. The molecule has 1 heterocycles. The lowest BCUT2D eigenvalue weighted by atomic mass is 9.43. The molecule has 2 spiro atoms. The lowest BCUT2D eigenvalue weighted by Gasteiger charge is -2.61. The number of anilines is 3. The second-order valence-electron chi connectivity index (χ2n) is 17.6. The van der Waals surface area contributed by atoms with Crippen LogP contribution in [-0.4, -0.2) is 0 Å². The summed E-state index contributed by atoms with van der Waals surface area (Å²) in [4.78, 5) is 2.60. The van der Waals surface area contributed by atoms with Gasteiger partial charge in [0.2, 0.25) is 0 Å². The van der Waals surface area contributed by atoms with Crippen LogP contribution in [0.15, 0.2) is 132 Å². The molecule has 7 aromatic rings. The number of nitrogens with zero attached hydrogens (tertiary/aromatic N) is 1. The van der Waals surface area contributed by atoms with Crippen LogP contribution < -0.4 is 4.90 Å². The van der Waals surface area contributed by atoms with E-state index in [9.17, 15) is 0 Å². The second-order valence-corrected chi connectivity index (χ2v) is 17.6. The van der Waals surface area contributed by atoms with E-state index >= 15 is 0 Å². The molecule has 7 aliphatic rings. The second kappa shape index (κ2) is 10.3. The zero-order chi connectivity index (χ0) is 34.5. The molecule has 53 heavy (non-hydrogen) atoms. The fraction of sp³-hybridized carbons (Fsp3) is 0.294. The molecule has 2 nitrogen and oxygen atoms in total. The van der Waals surface area contributed by atoms with Crippen LogP contribution in [0.25, 0.3) is 44.2 Å². The molecule has 14 rings (SSSR count). The molecule has 6 aromatic carbocycles. The van der Waals surface area contributed by atoms with Crippen molar-refractivity contribution in [1.29, 1.82) is 0 Å². The predicted octanol–water partition coefficient (Wildman–Crippen LogP) is 13.6. The molecule has 5 saturated carbocycles. The average molecular weight is 686 g/mol. The molecule has 0 N–H and O–H groups in total. The van der Waals surface area contributed by atoms with Crippen molar-refractivity contribution in [3.8, 4) is 22.3 Å². The third-order valence-electron chi connectivity index (χ3n) is 15.4. The smallest absolute Gasteiger partial charge is 0.137 e. The molecule has 5 fully saturated rings. The summed E-state index contributed by atoms with van der Waals surface area (Å²) in [6, 6.07) is 49.0. The Hall–Kier alpha value is -5.08. The first-order valence-electron chi connectivity index (χ1n) is 20.4. The van der Waals surface area contributed by atoms with E-state index < -0.39 is 0 Å². The Balaban J connectivity index is 1.08. The molecule has 0 unspecified atom stereocenters. The SMILES string of the molecule is c1ccc2c(c1)-c1c(N(c3ccc4c(c3)C3(c5ccccc5-4)C4CC5CC(C4)CC3C5)c3ccc4c(c3)oc3ccccc34)cccc1C21CCCC1. The Morgan fingerprint density at radius 2 is 1.13 bits per heavy atom. The number of para-hydroxylation sites is 1. The highest BCUT2D eigenvalue weighted by Gasteiger charge is 2.61. The number of hydrogen-bond acceptors (Lipinski definition) is 2. The summed E-state index contributed by atoms with van der Waals surface area (Å²) in [5.41, 5.74) is 17.9. The minimum Gasteiger partial charge on any atom is -0.456 e. The van der Waals surface area contributed by atoms with Crippen molar-refractivity contribution in [2.45, 2.75) is 68.6 Å². The Labute approximate surface area is 311 Å². The van der Waals surface area contributed by atoms with Gasteiger partial charge in [0.1, 0.15) is 11.2 Å². The Kier molecular flexibility index (Phi) is 5.72. The number of furan rings is 1. The van der Waals surface area contributed by atoms with Crippen molar-refractivity contribution in [2.75, 3.05) is 4.90 Å². The fourth-order valence-electron chi connectivity index (χ4n) is 13.7. The number of benzene rings is 6. The molecule has 258 valence electrons. The number of rotatable bonds is 3. The van der Waals surface area contributed by atoms with Crippen molar-refractivity contribution in [2.24, 2.45) is 23.7 Å². The summed E-state index contributed by atoms with van der Waals surface area (Å²) >= 11 is 0. The molecular weight excluding hydrogens is 643 g/mol. The van der Waals surface area contributed by atoms with E-state index in [1.807, 2.05) is 0 Å². The van der Waals surface area contributed by atoms with Gasteiger partial charge in [0, 0.05) is 44.6 Å². The molecule has 0 radical (unpaired) electrons.